The van der Waals surface area contributed by atoms with Gasteiger partial charge in [0.2, 0.25) is 0 Å². The molecule has 0 spiro atoms. The van der Waals surface area contributed by atoms with E-state index in [9.17, 15) is 0 Å². The van der Waals surface area contributed by atoms with Crippen molar-refractivity contribution in [3.05, 3.63) is 35.9 Å². The fourth-order valence-corrected chi connectivity index (χ4v) is 3.85. The van der Waals surface area contributed by atoms with Gasteiger partial charge in [-0.05, 0) is 50.8 Å². The third kappa shape index (κ3) is 3.87. The number of benzene rings is 1. The van der Waals surface area contributed by atoms with Gasteiger partial charge in [-0.1, -0.05) is 51.1 Å². The van der Waals surface area contributed by atoms with Crippen molar-refractivity contribution in [3.63, 3.8) is 0 Å². The van der Waals surface area contributed by atoms with E-state index < -0.39 is 0 Å². The van der Waals surface area contributed by atoms with Crippen LogP contribution in [0.5, 0.6) is 0 Å². The van der Waals surface area contributed by atoms with E-state index in [0.29, 0.717) is 18.1 Å². The second kappa shape index (κ2) is 7.95. The quantitative estimate of drug-likeness (QED) is 0.842. The molecule has 0 aromatic heterocycles. The summed E-state index contributed by atoms with van der Waals surface area (Å²) in [5.74, 6) is 0.811. The summed E-state index contributed by atoms with van der Waals surface area (Å²) in [5, 5.41) is 3.74. The number of likely N-dealkylation sites (N-methyl/N-ethyl adjacent to an activating group) is 1. The molecule has 2 nitrogen and oxygen atoms in total. The van der Waals surface area contributed by atoms with Crippen molar-refractivity contribution in [3.8, 4) is 0 Å². The van der Waals surface area contributed by atoms with Crippen LogP contribution in [0.3, 0.4) is 0 Å². The van der Waals surface area contributed by atoms with Gasteiger partial charge in [-0.3, -0.25) is 4.90 Å². The Bertz CT molecular complexity index is 403. The van der Waals surface area contributed by atoms with E-state index in [0.717, 1.165) is 12.5 Å². The van der Waals surface area contributed by atoms with Gasteiger partial charge in [0.1, 0.15) is 0 Å². The van der Waals surface area contributed by atoms with E-state index in [1.807, 2.05) is 0 Å². The Morgan fingerprint density at radius 3 is 2.52 bits per heavy atom. The van der Waals surface area contributed by atoms with Crippen molar-refractivity contribution >= 4 is 0 Å². The average Bonchev–Trinajstić information content (AvgIpc) is 2.52. The molecule has 1 aromatic carbocycles. The van der Waals surface area contributed by atoms with E-state index >= 15 is 0 Å². The summed E-state index contributed by atoms with van der Waals surface area (Å²) in [5.41, 5.74) is 1.43. The molecular formula is C19H32N2. The van der Waals surface area contributed by atoms with Crippen molar-refractivity contribution in [2.75, 3.05) is 13.1 Å². The zero-order chi connectivity index (χ0) is 15.2. The first kappa shape index (κ1) is 16.5. The molecule has 21 heavy (non-hydrogen) atoms. The molecule has 2 heteroatoms. The Hall–Kier alpha value is -0.860. The number of nitrogens with one attached hydrogen (secondary N) is 1. The first-order chi connectivity index (χ1) is 10.2. The molecule has 2 rings (SSSR count). The van der Waals surface area contributed by atoms with Crippen LogP contribution in [-0.4, -0.2) is 30.1 Å². The SMILES string of the molecule is CCNC(c1ccccc1)C(CC)N1CCCC(C)C1C. The molecule has 1 saturated heterocycles. The van der Waals surface area contributed by atoms with Gasteiger partial charge in [0.25, 0.3) is 0 Å². The molecule has 0 amide bonds. The predicted molar refractivity (Wildman–Crippen MR) is 91.5 cm³/mol. The smallest absolute Gasteiger partial charge is 0.0478 e. The normalized spacial score (nSPS) is 26.5. The molecule has 1 aromatic rings. The van der Waals surface area contributed by atoms with Gasteiger partial charge >= 0.3 is 0 Å². The lowest BCUT2D eigenvalue weighted by molar-refractivity contribution is 0.0473. The number of hydrogen-bond donors (Lipinski definition) is 1. The highest BCUT2D eigenvalue weighted by molar-refractivity contribution is 5.21. The maximum absolute atomic E-state index is 3.74. The van der Waals surface area contributed by atoms with E-state index in [-0.39, 0.29) is 0 Å². The van der Waals surface area contributed by atoms with Crippen molar-refractivity contribution in [1.82, 2.24) is 10.2 Å². The van der Waals surface area contributed by atoms with Gasteiger partial charge in [0, 0.05) is 18.1 Å². The monoisotopic (exact) mass is 288 g/mol. The molecule has 1 aliphatic rings. The summed E-state index contributed by atoms with van der Waals surface area (Å²) < 4.78 is 0. The fourth-order valence-electron chi connectivity index (χ4n) is 3.85. The van der Waals surface area contributed by atoms with Crippen LogP contribution in [0, 0.1) is 5.92 Å². The number of hydrogen-bond acceptors (Lipinski definition) is 2. The summed E-state index contributed by atoms with van der Waals surface area (Å²) in [7, 11) is 0. The van der Waals surface area contributed by atoms with Crippen LogP contribution in [-0.2, 0) is 0 Å². The number of rotatable bonds is 6. The first-order valence-corrected chi connectivity index (χ1v) is 8.73. The molecule has 0 radical (unpaired) electrons. The highest BCUT2D eigenvalue weighted by Gasteiger charge is 2.33. The van der Waals surface area contributed by atoms with Crippen LogP contribution in [0.4, 0.5) is 0 Å². The molecule has 1 N–H and O–H groups in total. The van der Waals surface area contributed by atoms with Crippen molar-refractivity contribution in [2.45, 2.75) is 65.1 Å². The predicted octanol–water partition coefficient (Wildman–Crippen LogP) is 4.24. The van der Waals surface area contributed by atoms with Gasteiger partial charge in [-0.2, -0.15) is 0 Å². The Labute approximate surface area is 130 Å². The third-order valence-electron chi connectivity index (χ3n) is 5.23. The van der Waals surface area contributed by atoms with E-state index in [4.69, 9.17) is 0 Å². The molecular weight excluding hydrogens is 256 g/mol. The van der Waals surface area contributed by atoms with Crippen molar-refractivity contribution in [2.24, 2.45) is 5.92 Å². The largest absolute Gasteiger partial charge is 0.309 e. The second-order valence-electron chi connectivity index (χ2n) is 6.52. The molecule has 0 aliphatic carbocycles. The lowest BCUT2D eigenvalue weighted by Crippen LogP contribution is -2.52. The third-order valence-corrected chi connectivity index (χ3v) is 5.23. The van der Waals surface area contributed by atoms with E-state index in [1.54, 1.807) is 0 Å². The summed E-state index contributed by atoms with van der Waals surface area (Å²) in [4.78, 5) is 2.76. The minimum atomic E-state index is 0.439. The van der Waals surface area contributed by atoms with E-state index in [2.05, 4.69) is 68.2 Å². The Kier molecular flexibility index (Phi) is 6.25. The van der Waals surface area contributed by atoms with E-state index in [1.165, 1.54) is 31.4 Å². The minimum Gasteiger partial charge on any atom is -0.309 e. The highest BCUT2D eigenvalue weighted by Crippen LogP contribution is 2.31. The molecule has 1 heterocycles. The molecule has 118 valence electrons. The highest BCUT2D eigenvalue weighted by atomic mass is 15.2. The zero-order valence-corrected chi connectivity index (χ0v) is 14.2. The molecule has 0 bridgehead atoms. The first-order valence-electron chi connectivity index (χ1n) is 8.73. The number of piperidine rings is 1. The summed E-state index contributed by atoms with van der Waals surface area (Å²) in [6, 6.07) is 12.7. The van der Waals surface area contributed by atoms with Crippen molar-refractivity contribution in [1.29, 1.82) is 0 Å². The maximum atomic E-state index is 3.74. The Morgan fingerprint density at radius 2 is 1.90 bits per heavy atom. The van der Waals surface area contributed by atoms with Gasteiger partial charge in [0.05, 0.1) is 0 Å². The summed E-state index contributed by atoms with van der Waals surface area (Å²) >= 11 is 0. The topological polar surface area (TPSA) is 15.3 Å². The van der Waals surface area contributed by atoms with Gasteiger partial charge in [-0.25, -0.2) is 0 Å². The van der Waals surface area contributed by atoms with Crippen LogP contribution < -0.4 is 5.32 Å². The molecule has 4 atom stereocenters. The standard InChI is InChI=1S/C19H32N2/c1-5-18(21-14-10-11-15(3)16(21)4)19(20-6-2)17-12-8-7-9-13-17/h7-9,12-13,15-16,18-20H,5-6,10-11,14H2,1-4H3. The zero-order valence-electron chi connectivity index (χ0n) is 14.2. The van der Waals surface area contributed by atoms with Crippen molar-refractivity contribution < 1.29 is 0 Å². The number of nitrogens with zero attached hydrogens (tertiary/aromatic N) is 1. The molecule has 4 unspecified atom stereocenters. The second-order valence-corrected chi connectivity index (χ2v) is 6.52. The molecule has 1 fully saturated rings. The van der Waals surface area contributed by atoms with Crippen LogP contribution >= 0.6 is 0 Å². The molecule has 1 aliphatic heterocycles. The summed E-state index contributed by atoms with van der Waals surface area (Å²) in [6.45, 7) is 11.6. The maximum Gasteiger partial charge on any atom is 0.0478 e. The van der Waals surface area contributed by atoms with Crippen LogP contribution in [0.1, 0.15) is 58.6 Å². The van der Waals surface area contributed by atoms with Gasteiger partial charge in [0.15, 0.2) is 0 Å². The Morgan fingerprint density at radius 1 is 1.19 bits per heavy atom. The minimum absolute atomic E-state index is 0.439. The van der Waals surface area contributed by atoms with Gasteiger partial charge < -0.3 is 5.32 Å². The van der Waals surface area contributed by atoms with Crippen LogP contribution in [0.2, 0.25) is 0 Å². The molecule has 0 saturated carbocycles. The fraction of sp³-hybridized carbons (Fsp3) is 0.684. The van der Waals surface area contributed by atoms with Gasteiger partial charge in [-0.15, -0.1) is 0 Å². The van der Waals surface area contributed by atoms with Crippen LogP contribution in [0.25, 0.3) is 0 Å². The number of likely N-dealkylation sites (tertiary alicyclic amines) is 1. The lowest BCUT2D eigenvalue weighted by Gasteiger charge is -2.45. The average molecular weight is 288 g/mol. The summed E-state index contributed by atoms with van der Waals surface area (Å²) in [6.07, 6.45) is 3.92. The van der Waals surface area contributed by atoms with Crippen LogP contribution in [0.15, 0.2) is 30.3 Å². The lowest BCUT2D eigenvalue weighted by atomic mass is 9.87. The Balaban J connectivity index is 2.23.